The van der Waals surface area contributed by atoms with Gasteiger partial charge in [0.25, 0.3) is 0 Å². The minimum atomic E-state index is -5.08. The van der Waals surface area contributed by atoms with Gasteiger partial charge < -0.3 is 19.8 Å². The summed E-state index contributed by atoms with van der Waals surface area (Å²) >= 11 is 0. The van der Waals surface area contributed by atoms with Crippen LogP contribution in [0.3, 0.4) is 0 Å². The molecule has 3 aliphatic rings. The van der Waals surface area contributed by atoms with Crippen molar-refractivity contribution in [1.82, 2.24) is 14.8 Å². The van der Waals surface area contributed by atoms with E-state index in [-0.39, 0.29) is 11.5 Å². The molecule has 3 aliphatic heterocycles. The van der Waals surface area contributed by atoms with Crippen LogP contribution in [0.5, 0.6) is 0 Å². The number of amides is 1. The summed E-state index contributed by atoms with van der Waals surface area (Å²) in [7, 11) is 0. The van der Waals surface area contributed by atoms with Gasteiger partial charge in [0, 0.05) is 51.7 Å². The molecule has 9 nitrogen and oxygen atoms in total. The zero-order valence-corrected chi connectivity index (χ0v) is 19.6. The number of rotatable bonds is 3. The lowest BCUT2D eigenvalue weighted by atomic mass is 9.75. The van der Waals surface area contributed by atoms with Crippen LogP contribution in [-0.2, 0) is 25.7 Å². The van der Waals surface area contributed by atoms with E-state index in [9.17, 15) is 31.1 Å². The Morgan fingerprint density at radius 2 is 1.59 bits per heavy atom. The predicted molar refractivity (Wildman–Crippen MR) is 114 cm³/mol. The first-order chi connectivity index (χ1) is 17.2. The molecule has 208 valence electrons. The molecule has 1 aromatic rings. The maximum absolute atomic E-state index is 13.2. The molecule has 15 heteroatoms. The number of carbonyl (C=O) groups is 3. The van der Waals surface area contributed by atoms with Gasteiger partial charge in [-0.05, 0) is 37.3 Å². The number of fused-ring (bicyclic) bond motifs is 1. The van der Waals surface area contributed by atoms with Gasteiger partial charge in [-0.15, -0.1) is 0 Å². The monoisotopic (exact) mass is 543 g/mol. The highest BCUT2D eigenvalue weighted by Crippen LogP contribution is 2.43. The number of hydrogen-bond donors (Lipinski definition) is 2. The third-order valence-corrected chi connectivity index (χ3v) is 6.13. The van der Waals surface area contributed by atoms with E-state index < -0.39 is 24.3 Å². The van der Waals surface area contributed by atoms with Gasteiger partial charge in [-0.1, -0.05) is 6.07 Å². The lowest BCUT2D eigenvalue weighted by molar-refractivity contribution is -0.193. The van der Waals surface area contributed by atoms with Gasteiger partial charge in [-0.2, -0.15) is 26.3 Å². The van der Waals surface area contributed by atoms with Gasteiger partial charge in [0.2, 0.25) is 5.91 Å². The van der Waals surface area contributed by atoms with Crippen LogP contribution >= 0.6 is 0 Å². The summed E-state index contributed by atoms with van der Waals surface area (Å²) in [6.45, 7) is 5.27. The fraction of sp³-hybridized carbons (Fsp3) is 0.636. The molecule has 3 fully saturated rings. The van der Waals surface area contributed by atoms with Crippen LogP contribution in [0.4, 0.5) is 26.3 Å². The molecule has 1 amide bonds. The quantitative estimate of drug-likeness (QED) is 0.559. The standard InChI is InChI=1S/C18H25N3O2.2C2HF3O2/c22-17(21-8-1-2-9-21)18-6-11-23-16(18)5-10-20(14-18)13-15-4-3-7-19-12-15;2*3-2(4,5)1(6)7/h3-4,7,12,16H,1-2,5-6,8-11,13-14H2;2*(H,6,7)/t16-,18-;;/m1../s1. The summed E-state index contributed by atoms with van der Waals surface area (Å²) in [6, 6.07) is 4.09. The number of pyridine rings is 1. The molecule has 0 aliphatic carbocycles. The largest absolute Gasteiger partial charge is 0.490 e. The molecule has 4 rings (SSSR count). The lowest BCUT2D eigenvalue weighted by Gasteiger charge is -2.44. The number of aliphatic carboxylic acids is 2. The van der Waals surface area contributed by atoms with E-state index in [1.54, 1.807) is 6.20 Å². The van der Waals surface area contributed by atoms with E-state index in [0.29, 0.717) is 5.91 Å². The molecule has 0 aromatic carbocycles. The van der Waals surface area contributed by atoms with Crippen molar-refractivity contribution in [2.24, 2.45) is 5.41 Å². The highest BCUT2D eigenvalue weighted by molar-refractivity contribution is 5.84. The third kappa shape index (κ3) is 8.55. The first kappa shape index (κ1) is 30.3. The van der Waals surface area contributed by atoms with Crippen LogP contribution in [0, 0.1) is 5.41 Å². The van der Waals surface area contributed by atoms with Crippen molar-refractivity contribution in [2.45, 2.75) is 50.7 Å². The minimum absolute atomic E-state index is 0.112. The lowest BCUT2D eigenvalue weighted by Crippen LogP contribution is -2.57. The Bertz CT molecular complexity index is 900. The second kappa shape index (κ2) is 12.5. The van der Waals surface area contributed by atoms with E-state index in [0.717, 1.165) is 65.0 Å². The first-order valence-corrected chi connectivity index (χ1v) is 11.3. The number of carboxylic acid groups (broad SMARTS) is 2. The molecule has 2 atom stereocenters. The number of alkyl halides is 6. The molecule has 2 N–H and O–H groups in total. The maximum atomic E-state index is 13.2. The number of ether oxygens (including phenoxy) is 1. The van der Waals surface area contributed by atoms with Gasteiger partial charge in [-0.25, -0.2) is 9.59 Å². The summed E-state index contributed by atoms with van der Waals surface area (Å²) in [5.41, 5.74) is 0.902. The maximum Gasteiger partial charge on any atom is 0.490 e. The molecule has 0 saturated carbocycles. The van der Waals surface area contributed by atoms with Crippen LogP contribution in [0.15, 0.2) is 24.5 Å². The number of carboxylic acids is 2. The second-order valence-electron chi connectivity index (χ2n) is 8.73. The highest BCUT2D eigenvalue weighted by atomic mass is 19.4. The number of aromatic nitrogens is 1. The SMILES string of the molecule is O=C(N1CCCC1)[C@@]12CCO[C@@H]1CCN(Cc1cccnc1)C2.O=C(O)C(F)(F)F.O=C(O)C(F)(F)F. The Labute approximate surface area is 208 Å². The van der Waals surface area contributed by atoms with E-state index in [2.05, 4.69) is 20.9 Å². The van der Waals surface area contributed by atoms with Crippen LogP contribution in [0.2, 0.25) is 0 Å². The summed E-state index contributed by atoms with van der Waals surface area (Å²) in [5.74, 6) is -5.17. The fourth-order valence-electron chi connectivity index (χ4n) is 4.45. The number of piperidine rings is 1. The highest BCUT2D eigenvalue weighted by Gasteiger charge is 2.54. The number of likely N-dealkylation sites (tertiary alicyclic amines) is 2. The van der Waals surface area contributed by atoms with Crippen molar-refractivity contribution in [3.63, 3.8) is 0 Å². The van der Waals surface area contributed by atoms with Gasteiger partial charge in [-0.3, -0.25) is 14.7 Å². The predicted octanol–water partition coefficient (Wildman–Crippen LogP) is 2.95. The fourth-order valence-corrected chi connectivity index (χ4v) is 4.45. The Hall–Kier alpha value is -2.94. The average molecular weight is 543 g/mol. The first-order valence-electron chi connectivity index (χ1n) is 11.3. The zero-order valence-electron chi connectivity index (χ0n) is 19.6. The van der Waals surface area contributed by atoms with Crippen molar-refractivity contribution in [3.05, 3.63) is 30.1 Å². The molecular weight excluding hydrogens is 516 g/mol. The number of halogens is 6. The van der Waals surface area contributed by atoms with Gasteiger partial charge in [0.1, 0.15) is 0 Å². The number of carbonyl (C=O) groups excluding carboxylic acids is 1. The molecule has 0 bridgehead atoms. The smallest absolute Gasteiger partial charge is 0.475 e. The summed E-state index contributed by atoms with van der Waals surface area (Å²) in [4.78, 5) is 39.7. The topological polar surface area (TPSA) is 120 Å². The van der Waals surface area contributed by atoms with Crippen molar-refractivity contribution in [1.29, 1.82) is 0 Å². The van der Waals surface area contributed by atoms with Crippen LogP contribution in [0.1, 0.15) is 31.2 Å². The molecule has 0 radical (unpaired) electrons. The van der Waals surface area contributed by atoms with Crippen molar-refractivity contribution in [3.8, 4) is 0 Å². The zero-order chi connectivity index (χ0) is 27.9. The molecule has 0 spiro atoms. The van der Waals surface area contributed by atoms with Crippen LogP contribution < -0.4 is 0 Å². The number of nitrogens with zero attached hydrogens (tertiary/aromatic N) is 3. The van der Waals surface area contributed by atoms with Crippen LogP contribution in [0.25, 0.3) is 0 Å². The van der Waals surface area contributed by atoms with Crippen molar-refractivity contribution in [2.75, 3.05) is 32.8 Å². The molecule has 0 unspecified atom stereocenters. The number of hydrogen-bond acceptors (Lipinski definition) is 6. The Balaban J connectivity index is 0.000000286. The van der Waals surface area contributed by atoms with Crippen LogP contribution in [-0.4, -0.2) is 94.1 Å². The summed E-state index contributed by atoms with van der Waals surface area (Å²) < 4.78 is 69.4. The van der Waals surface area contributed by atoms with Gasteiger partial charge in [0.15, 0.2) is 0 Å². The summed E-state index contributed by atoms with van der Waals surface area (Å²) in [5, 5.41) is 14.2. The van der Waals surface area contributed by atoms with Gasteiger partial charge >= 0.3 is 24.3 Å². The second-order valence-corrected chi connectivity index (χ2v) is 8.73. The molecule has 37 heavy (non-hydrogen) atoms. The van der Waals surface area contributed by atoms with E-state index in [4.69, 9.17) is 24.5 Å². The summed E-state index contributed by atoms with van der Waals surface area (Å²) in [6.07, 6.45) is -2.21. The molecule has 4 heterocycles. The third-order valence-electron chi connectivity index (χ3n) is 6.13. The normalized spacial score (nSPS) is 23.7. The Morgan fingerprint density at radius 3 is 2.08 bits per heavy atom. The van der Waals surface area contributed by atoms with Gasteiger partial charge in [0.05, 0.1) is 11.5 Å². The molecule has 1 aromatic heterocycles. The van der Waals surface area contributed by atoms with E-state index in [1.807, 2.05) is 12.3 Å². The average Bonchev–Trinajstić information content (AvgIpc) is 3.49. The van der Waals surface area contributed by atoms with Crippen molar-refractivity contribution >= 4 is 17.8 Å². The Kier molecular flexibility index (Phi) is 10.3. The minimum Gasteiger partial charge on any atom is -0.475 e. The van der Waals surface area contributed by atoms with Crippen molar-refractivity contribution < 1.29 is 55.7 Å². The molecule has 3 saturated heterocycles. The molecular formula is C22H27F6N3O6. The van der Waals surface area contributed by atoms with E-state index >= 15 is 0 Å². The van der Waals surface area contributed by atoms with E-state index in [1.165, 1.54) is 5.56 Å². The Morgan fingerprint density at radius 1 is 1.03 bits per heavy atom.